The minimum atomic E-state index is -0.263. The van der Waals surface area contributed by atoms with E-state index in [1.54, 1.807) is 18.2 Å². The highest BCUT2D eigenvalue weighted by atomic mass is 35.5. The van der Waals surface area contributed by atoms with Crippen molar-refractivity contribution >= 4 is 35.0 Å². The molecule has 0 fully saturated rings. The second-order valence-electron chi connectivity index (χ2n) is 5.62. The lowest BCUT2D eigenvalue weighted by atomic mass is 10.2. The molecule has 1 amide bonds. The first-order chi connectivity index (χ1) is 12.6. The van der Waals surface area contributed by atoms with E-state index in [1.165, 1.54) is 11.8 Å². The molecule has 0 spiro atoms. The monoisotopic (exact) mass is 383 g/mol. The Morgan fingerprint density at radius 3 is 2.35 bits per heavy atom. The zero-order valence-electron chi connectivity index (χ0n) is 14.2. The molecule has 26 heavy (non-hydrogen) atoms. The molecule has 3 rings (SSSR count). The number of para-hydroxylation sites is 1. The molecule has 0 aliphatic heterocycles. The third kappa shape index (κ3) is 5.04. The van der Waals surface area contributed by atoms with E-state index in [0.717, 1.165) is 4.90 Å². The van der Waals surface area contributed by atoms with Crippen LogP contribution in [-0.2, 0) is 4.79 Å². The molecule has 1 atom stereocenters. The Kier molecular flexibility index (Phi) is 6.21. The number of benzene rings is 3. The van der Waals surface area contributed by atoms with Crippen molar-refractivity contribution < 1.29 is 9.53 Å². The second kappa shape index (κ2) is 8.79. The van der Waals surface area contributed by atoms with Crippen molar-refractivity contribution in [2.24, 2.45) is 0 Å². The van der Waals surface area contributed by atoms with Gasteiger partial charge in [-0.05, 0) is 49.4 Å². The van der Waals surface area contributed by atoms with Crippen LogP contribution in [0.4, 0.5) is 5.69 Å². The van der Waals surface area contributed by atoms with Crippen LogP contribution < -0.4 is 10.1 Å². The Labute approximate surface area is 162 Å². The van der Waals surface area contributed by atoms with E-state index in [1.807, 2.05) is 67.6 Å². The molecule has 0 radical (unpaired) electrons. The fraction of sp³-hybridized carbons (Fsp3) is 0.0952. The van der Waals surface area contributed by atoms with Gasteiger partial charge in [0.05, 0.1) is 10.9 Å². The molecule has 3 aromatic rings. The molecule has 0 bridgehead atoms. The highest BCUT2D eigenvalue weighted by molar-refractivity contribution is 8.00. The van der Waals surface area contributed by atoms with E-state index >= 15 is 0 Å². The quantitative estimate of drug-likeness (QED) is 0.511. The molecule has 0 aromatic heterocycles. The molecule has 0 saturated carbocycles. The first kappa shape index (κ1) is 18.4. The van der Waals surface area contributed by atoms with Crippen LogP contribution in [0.2, 0.25) is 5.02 Å². The molecule has 1 N–H and O–H groups in total. The van der Waals surface area contributed by atoms with Crippen LogP contribution in [0, 0.1) is 0 Å². The number of hydrogen-bond donors (Lipinski definition) is 1. The van der Waals surface area contributed by atoms with Gasteiger partial charge in [-0.2, -0.15) is 0 Å². The summed E-state index contributed by atoms with van der Waals surface area (Å²) in [5.74, 6) is 1.13. The number of ether oxygens (including phenoxy) is 1. The molecular formula is C21H18ClNO2S. The zero-order chi connectivity index (χ0) is 18.4. The maximum absolute atomic E-state index is 12.6. The molecule has 132 valence electrons. The summed E-state index contributed by atoms with van der Waals surface area (Å²) in [7, 11) is 0. The summed E-state index contributed by atoms with van der Waals surface area (Å²) in [6.45, 7) is 1.87. The number of carbonyl (C=O) groups excluding carboxylic acids is 1. The zero-order valence-corrected chi connectivity index (χ0v) is 15.8. The molecule has 0 unspecified atom stereocenters. The van der Waals surface area contributed by atoms with Crippen LogP contribution in [0.5, 0.6) is 11.5 Å². The fourth-order valence-corrected chi connectivity index (χ4v) is 3.36. The molecule has 3 aromatic carbocycles. The van der Waals surface area contributed by atoms with Gasteiger partial charge in [0.15, 0.2) is 5.75 Å². The molecule has 3 nitrogen and oxygen atoms in total. The molecule has 0 aliphatic rings. The SMILES string of the molecule is C[C@@H](Sc1ccccc1)C(=O)Nc1cc(Cl)ccc1Oc1ccccc1. The van der Waals surface area contributed by atoms with Crippen molar-refractivity contribution in [1.82, 2.24) is 0 Å². The predicted octanol–water partition coefficient (Wildman–Crippen LogP) is 6.25. The molecule has 0 aliphatic carbocycles. The van der Waals surface area contributed by atoms with Gasteiger partial charge < -0.3 is 10.1 Å². The largest absolute Gasteiger partial charge is 0.455 e. The van der Waals surface area contributed by atoms with Gasteiger partial charge in [-0.1, -0.05) is 48.0 Å². The van der Waals surface area contributed by atoms with Crippen molar-refractivity contribution in [1.29, 1.82) is 0 Å². The Morgan fingerprint density at radius 1 is 1.00 bits per heavy atom. The molecular weight excluding hydrogens is 366 g/mol. The number of rotatable bonds is 6. The number of hydrogen-bond acceptors (Lipinski definition) is 3. The van der Waals surface area contributed by atoms with E-state index in [0.29, 0.717) is 22.2 Å². The highest BCUT2D eigenvalue weighted by Crippen LogP contribution is 2.33. The number of thioether (sulfide) groups is 1. The molecule has 0 heterocycles. The number of amides is 1. The van der Waals surface area contributed by atoms with Gasteiger partial charge in [0.25, 0.3) is 0 Å². The van der Waals surface area contributed by atoms with E-state index in [4.69, 9.17) is 16.3 Å². The topological polar surface area (TPSA) is 38.3 Å². The lowest BCUT2D eigenvalue weighted by Gasteiger charge is -2.15. The third-order valence-electron chi connectivity index (χ3n) is 3.60. The maximum Gasteiger partial charge on any atom is 0.237 e. The van der Waals surface area contributed by atoms with Crippen LogP contribution in [0.3, 0.4) is 0 Å². The van der Waals surface area contributed by atoms with Gasteiger partial charge in [0, 0.05) is 9.92 Å². The summed E-state index contributed by atoms with van der Waals surface area (Å²) in [6.07, 6.45) is 0. The van der Waals surface area contributed by atoms with Gasteiger partial charge in [-0.3, -0.25) is 4.79 Å². The minimum Gasteiger partial charge on any atom is -0.455 e. The summed E-state index contributed by atoms with van der Waals surface area (Å²) in [4.78, 5) is 13.6. The van der Waals surface area contributed by atoms with Gasteiger partial charge in [-0.15, -0.1) is 11.8 Å². The fourth-order valence-electron chi connectivity index (χ4n) is 2.30. The van der Waals surface area contributed by atoms with Crippen LogP contribution in [0.25, 0.3) is 0 Å². The van der Waals surface area contributed by atoms with Gasteiger partial charge >= 0.3 is 0 Å². The molecule has 5 heteroatoms. The van der Waals surface area contributed by atoms with E-state index in [9.17, 15) is 4.79 Å². The van der Waals surface area contributed by atoms with Crippen LogP contribution in [0.1, 0.15) is 6.92 Å². The number of nitrogens with one attached hydrogen (secondary N) is 1. The summed E-state index contributed by atoms with van der Waals surface area (Å²) in [5.41, 5.74) is 0.548. The molecule has 0 saturated heterocycles. The normalized spacial score (nSPS) is 11.6. The minimum absolute atomic E-state index is 0.112. The Balaban J connectivity index is 1.73. The Morgan fingerprint density at radius 2 is 1.65 bits per heavy atom. The second-order valence-corrected chi connectivity index (χ2v) is 7.47. The first-order valence-electron chi connectivity index (χ1n) is 8.17. The highest BCUT2D eigenvalue weighted by Gasteiger charge is 2.17. The summed E-state index contributed by atoms with van der Waals surface area (Å²) in [6, 6.07) is 24.4. The number of anilines is 1. The average Bonchev–Trinajstić information content (AvgIpc) is 2.65. The summed E-state index contributed by atoms with van der Waals surface area (Å²) in [5, 5.41) is 3.19. The van der Waals surface area contributed by atoms with Gasteiger partial charge in [0.1, 0.15) is 5.75 Å². The van der Waals surface area contributed by atoms with Crippen molar-refractivity contribution in [3.63, 3.8) is 0 Å². The summed E-state index contributed by atoms with van der Waals surface area (Å²) >= 11 is 7.60. The summed E-state index contributed by atoms with van der Waals surface area (Å²) < 4.78 is 5.88. The van der Waals surface area contributed by atoms with Crippen LogP contribution in [-0.4, -0.2) is 11.2 Å². The van der Waals surface area contributed by atoms with Crippen LogP contribution >= 0.6 is 23.4 Å². The van der Waals surface area contributed by atoms with Crippen molar-refractivity contribution in [3.05, 3.63) is 83.9 Å². The lowest BCUT2D eigenvalue weighted by molar-refractivity contribution is -0.115. The average molecular weight is 384 g/mol. The van der Waals surface area contributed by atoms with E-state index < -0.39 is 0 Å². The Bertz CT molecular complexity index is 872. The van der Waals surface area contributed by atoms with Gasteiger partial charge in [-0.25, -0.2) is 0 Å². The standard InChI is InChI=1S/C21H18ClNO2S/c1-15(26-18-10-6-3-7-11-18)21(24)23-19-14-16(22)12-13-20(19)25-17-8-4-2-5-9-17/h2-15H,1H3,(H,23,24)/t15-/m1/s1. The third-order valence-corrected chi connectivity index (χ3v) is 4.94. The van der Waals surface area contributed by atoms with Crippen molar-refractivity contribution in [2.45, 2.75) is 17.1 Å². The van der Waals surface area contributed by atoms with E-state index in [2.05, 4.69) is 5.32 Å². The van der Waals surface area contributed by atoms with Crippen LogP contribution in [0.15, 0.2) is 83.8 Å². The number of carbonyl (C=O) groups is 1. The predicted molar refractivity (Wildman–Crippen MR) is 108 cm³/mol. The number of halogens is 1. The van der Waals surface area contributed by atoms with E-state index in [-0.39, 0.29) is 11.2 Å². The lowest BCUT2D eigenvalue weighted by Crippen LogP contribution is -2.22. The van der Waals surface area contributed by atoms with Crippen molar-refractivity contribution in [3.8, 4) is 11.5 Å². The van der Waals surface area contributed by atoms with Gasteiger partial charge in [0.2, 0.25) is 5.91 Å². The van der Waals surface area contributed by atoms with Crippen molar-refractivity contribution in [2.75, 3.05) is 5.32 Å². The maximum atomic E-state index is 12.6. The smallest absolute Gasteiger partial charge is 0.237 e. The first-order valence-corrected chi connectivity index (χ1v) is 9.42. The Hall–Kier alpha value is -2.43.